The van der Waals surface area contributed by atoms with E-state index in [0.29, 0.717) is 23.4 Å². The van der Waals surface area contributed by atoms with E-state index in [0.717, 1.165) is 22.4 Å². The van der Waals surface area contributed by atoms with Crippen LogP contribution >= 0.6 is 0 Å². The van der Waals surface area contributed by atoms with E-state index in [1.165, 1.54) is 0 Å². The van der Waals surface area contributed by atoms with Crippen LogP contribution in [-0.4, -0.2) is 17.8 Å². The molecule has 0 bridgehead atoms. The Balaban J connectivity index is 1.91. The third-order valence-electron chi connectivity index (χ3n) is 4.16. The maximum absolute atomic E-state index is 12.9. The number of ketones is 1. The number of Topliss-reactive ketones (excluding diaryl/α,β-unsaturated/α-hetero) is 1. The smallest absolute Gasteiger partial charge is 0.198 e. The van der Waals surface area contributed by atoms with E-state index in [4.69, 9.17) is 11.5 Å². The van der Waals surface area contributed by atoms with Crippen molar-refractivity contribution in [3.8, 4) is 0 Å². The summed E-state index contributed by atoms with van der Waals surface area (Å²) in [6.45, 7) is 0.426. The van der Waals surface area contributed by atoms with Gasteiger partial charge in [-0.15, -0.1) is 0 Å². The van der Waals surface area contributed by atoms with E-state index < -0.39 is 6.29 Å². The summed E-state index contributed by atoms with van der Waals surface area (Å²) in [7, 11) is 0. The Morgan fingerprint density at radius 3 is 2.61 bits per heavy atom. The molecule has 114 valence electrons. The van der Waals surface area contributed by atoms with Crippen LogP contribution in [0.15, 0.2) is 59.1 Å². The Labute approximate surface area is 133 Å². The van der Waals surface area contributed by atoms with E-state index in [9.17, 15) is 4.79 Å². The number of carbonyl (C=O) groups excluding carboxylic acids is 1. The molecule has 1 atom stereocenters. The Kier molecular flexibility index (Phi) is 3.11. The fourth-order valence-corrected chi connectivity index (χ4v) is 3.08. The lowest BCUT2D eigenvalue weighted by Crippen LogP contribution is -2.39. The summed E-state index contributed by atoms with van der Waals surface area (Å²) < 4.78 is 0. The van der Waals surface area contributed by atoms with Crippen LogP contribution in [-0.2, 0) is 6.54 Å². The zero-order chi connectivity index (χ0) is 16.0. The largest absolute Gasteiger partial charge is 0.351 e. The molecule has 1 heterocycles. The van der Waals surface area contributed by atoms with Crippen molar-refractivity contribution in [2.45, 2.75) is 12.8 Å². The zero-order valence-corrected chi connectivity index (χ0v) is 12.4. The molecule has 5 N–H and O–H groups in total. The van der Waals surface area contributed by atoms with Crippen LogP contribution in [0.5, 0.6) is 0 Å². The monoisotopic (exact) mass is 304 g/mol. The highest BCUT2D eigenvalue weighted by molar-refractivity contribution is 6.40. The van der Waals surface area contributed by atoms with Crippen molar-refractivity contribution in [3.05, 3.63) is 76.4 Å². The molecule has 1 aliphatic heterocycles. The molecular weight excluding hydrogens is 288 g/mol. The normalized spacial score (nSPS) is 19.1. The van der Waals surface area contributed by atoms with Gasteiger partial charge in [-0.1, -0.05) is 42.5 Å². The molecule has 1 unspecified atom stereocenters. The van der Waals surface area contributed by atoms with Crippen molar-refractivity contribution in [1.82, 2.24) is 5.32 Å². The van der Waals surface area contributed by atoms with Gasteiger partial charge in [-0.05, 0) is 11.6 Å². The van der Waals surface area contributed by atoms with Gasteiger partial charge in [0.1, 0.15) is 0 Å². The van der Waals surface area contributed by atoms with Gasteiger partial charge < -0.3 is 11.1 Å². The molecule has 0 radical (unpaired) electrons. The van der Waals surface area contributed by atoms with Crippen LogP contribution < -0.4 is 16.8 Å². The average molecular weight is 304 g/mol. The van der Waals surface area contributed by atoms with Crippen LogP contribution in [0.4, 0.5) is 0 Å². The topological polar surface area (TPSA) is 93.5 Å². The van der Waals surface area contributed by atoms with Gasteiger partial charge in [-0.25, -0.2) is 4.99 Å². The quantitative estimate of drug-likeness (QED) is 0.781. The van der Waals surface area contributed by atoms with Crippen LogP contribution in [0.3, 0.4) is 0 Å². The molecule has 0 saturated heterocycles. The van der Waals surface area contributed by atoms with Gasteiger partial charge in [0, 0.05) is 23.2 Å². The van der Waals surface area contributed by atoms with Gasteiger partial charge in [-0.3, -0.25) is 10.5 Å². The first-order valence-corrected chi connectivity index (χ1v) is 7.47. The molecule has 2 aliphatic rings. The second kappa shape index (κ2) is 5.15. The number of fused-ring (bicyclic) bond motifs is 2. The minimum absolute atomic E-state index is 0.0272. The van der Waals surface area contributed by atoms with Crippen LogP contribution in [0.2, 0.25) is 0 Å². The summed E-state index contributed by atoms with van der Waals surface area (Å²) in [4.78, 5) is 17.3. The zero-order valence-electron chi connectivity index (χ0n) is 12.4. The van der Waals surface area contributed by atoms with Gasteiger partial charge >= 0.3 is 0 Å². The first-order chi connectivity index (χ1) is 11.2. The highest BCUT2D eigenvalue weighted by Crippen LogP contribution is 2.36. The number of nitrogens with zero attached hydrogens (tertiary/aromatic N) is 1. The molecule has 0 spiro atoms. The lowest BCUT2D eigenvalue weighted by atomic mass is 9.98. The maximum atomic E-state index is 12.9. The molecule has 23 heavy (non-hydrogen) atoms. The Bertz CT molecular complexity index is 868. The van der Waals surface area contributed by atoms with Crippen LogP contribution in [0.25, 0.3) is 5.70 Å². The number of nitrogens with two attached hydrogens (primary N) is 2. The average Bonchev–Trinajstić information content (AvgIpc) is 2.87. The summed E-state index contributed by atoms with van der Waals surface area (Å²) in [6, 6.07) is 15.3. The van der Waals surface area contributed by atoms with Crippen molar-refractivity contribution in [2.75, 3.05) is 0 Å². The Morgan fingerprint density at radius 1 is 1.09 bits per heavy atom. The SMILES string of the molecule is NCc1ccc2c(c1)C1=C(C2=O)C(c2ccccc2)=NC(N)N1. The highest BCUT2D eigenvalue weighted by atomic mass is 16.1. The summed E-state index contributed by atoms with van der Waals surface area (Å²) in [6.07, 6.45) is -0.579. The molecule has 4 rings (SSSR count). The third kappa shape index (κ3) is 2.10. The van der Waals surface area contributed by atoms with Crippen LogP contribution in [0, 0.1) is 0 Å². The van der Waals surface area contributed by atoms with Crippen molar-refractivity contribution < 1.29 is 4.79 Å². The second-order valence-corrected chi connectivity index (χ2v) is 5.60. The highest BCUT2D eigenvalue weighted by Gasteiger charge is 2.36. The minimum atomic E-state index is -0.579. The predicted octanol–water partition coefficient (Wildman–Crippen LogP) is 1.39. The standard InChI is InChI=1S/C18H16N4O/c19-9-10-6-7-12-13(8-10)16-14(17(12)23)15(21-18(20)22-16)11-4-2-1-3-5-11/h1-8,18,22H,9,19-20H2. The number of rotatable bonds is 2. The number of nitrogens with one attached hydrogen (secondary N) is 1. The van der Waals surface area contributed by atoms with Gasteiger partial charge in [0.15, 0.2) is 12.1 Å². The van der Waals surface area contributed by atoms with Gasteiger partial charge in [-0.2, -0.15) is 0 Å². The van der Waals surface area contributed by atoms with E-state index in [2.05, 4.69) is 10.3 Å². The summed E-state index contributed by atoms with van der Waals surface area (Å²) in [5.41, 5.74) is 17.1. The number of allylic oxidation sites excluding steroid dienone is 1. The molecule has 0 aromatic heterocycles. The first kappa shape index (κ1) is 13.9. The predicted molar refractivity (Wildman–Crippen MR) is 89.7 cm³/mol. The molecule has 1 aliphatic carbocycles. The number of hydrogen-bond donors (Lipinski definition) is 3. The molecule has 2 aromatic carbocycles. The van der Waals surface area contributed by atoms with Gasteiger partial charge in [0.25, 0.3) is 0 Å². The van der Waals surface area contributed by atoms with Crippen molar-refractivity contribution >= 4 is 17.2 Å². The molecule has 0 fully saturated rings. The Morgan fingerprint density at radius 2 is 1.87 bits per heavy atom. The number of benzene rings is 2. The van der Waals surface area contributed by atoms with E-state index in [-0.39, 0.29) is 5.78 Å². The van der Waals surface area contributed by atoms with E-state index >= 15 is 0 Å². The van der Waals surface area contributed by atoms with E-state index in [1.54, 1.807) is 0 Å². The van der Waals surface area contributed by atoms with Crippen LogP contribution in [0.1, 0.15) is 27.0 Å². The molecule has 5 nitrogen and oxygen atoms in total. The molecule has 0 saturated carbocycles. The molecule has 2 aromatic rings. The maximum Gasteiger partial charge on any atom is 0.198 e. The Hall–Kier alpha value is -2.76. The lowest BCUT2D eigenvalue weighted by molar-refractivity contribution is 0.104. The van der Waals surface area contributed by atoms with Crippen molar-refractivity contribution in [3.63, 3.8) is 0 Å². The number of carbonyl (C=O) groups is 1. The number of aliphatic imine (C=N–C) groups is 1. The third-order valence-corrected chi connectivity index (χ3v) is 4.16. The van der Waals surface area contributed by atoms with Gasteiger partial charge in [0.2, 0.25) is 0 Å². The number of hydrogen-bond acceptors (Lipinski definition) is 5. The fraction of sp³-hybridized carbons (Fsp3) is 0.111. The van der Waals surface area contributed by atoms with Crippen molar-refractivity contribution in [1.29, 1.82) is 0 Å². The molecule has 5 heteroatoms. The summed E-state index contributed by atoms with van der Waals surface area (Å²) >= 11 is 0. The lowest BCUT2D eigenvalue weighted by Gasteiger charge is -2.22. The van der Waals surface area contributed by atoms with Crippen molar-refractivity contribution in [2.24, 2.45) is 16.5 Å². The van der Waals surface area contributed by atoms with E-state index in [1.807, 2.05) is 48.5 Å². The molecular formula is C18H16N4O. The first-order valence-electron chi connectivity index (χ1n) is 7.47. The molecule has 0 amide bonds. The summed E-state index contributed by atoms with van der Waals surface area (Å²) in [5, 5.41) is 3.12. The van der Waals surface area contributed by atoms with Gasteiger partial charge in [0.05, 0.1) is 17.0 Å². The second-order valence-electron chi connectivity index (χ2n) is 5.60. The fourth-order valence-electron chi connectivity index (χ4n) is 3.08. The summed E-state index contributed by atoms with van der Waals surface area (Å²) in [5.74, 6) is -0.0272. The minimum Gasteiger partial charge on any atom is -0.351 e.